The summed E-state index contributed by atoms with van der Waals surface area (Å²) in [5.74, 6) is -0.981. The van der Waals surface area contributed by atoms with Crippen LogP contribution in [0.3, 0.4) is 0 Å². The molecule has 1 heterocycles. The van der Waals surface area contributed by atoms with Gasteiger partial charge in [0, 0.05) is 0 Å². The monoisotopic (exact) mass is 251 g/mol. The second kappa shape index (κ2) is 4.84. The zero-order chi connectivity index (χ0) is 13.2. The first kappa shape index (κ1) is 12.7. The van der Waals surface area contributed by atoms with Gasteiger partial charge < -0.3 is 14.8 Å². The van der Waals surface area contributed by atoms with E-state index >= 15 is 0 Å². The van der Waals surface area contributed by atoms with Gasteiger partial charge in [-0.15, -0.1) is 0 Å². The fourth-order valence-corrected chi connectivity index (χ4v) is 2.60. The zero-order valence-corrected chi connectivity index (χ0v) is 10.3. The van der Waals surface area contributed by atoms with Gasteiger partial charge in [0.2, 0.25) is 0 Å². The summed E-state index contributed by atoms with van der Waals surface area (Å²) < 4.78 is 4.98. The molecular formula is C13H17NO4. The predicted molar refractivity (Wildman–Crippen MR) is 64.2 cm³/mol. The molecule has 1 aromatic heterocycles. The van der Waals surface area contributed by atoms with Crippen LogP contribution in [0, 0.1) is 5.92 Å². The SMILES string of the molecule is CC1CCCC(NC(=O)c2ccco2)(C(=O)O)C1. The molecule has 1 saturated carbocycles. The smallest absolute Gasteiger partial charge is 0.329 e. The number of carboxylic acids is 1. The number of hydrogen-bond donors (Lipinski definition) is 2. The maximum atomic E-state index is 11.9. The molecule has 1 aromatic rings. The highest BCUT2D eigenvalue weighted by molar-refractivity contribution is 5.95. The Labute approximate surface area is 105 Å². The molecule has 2 atom stereocenters. The highest BCUT2D eigenvalue weighted by Crippen LogP contribution is 2.32. The number of amides is 1. The first-order valence-corrected chi connectivity index (χ1v) is 6.13. The Kier molecular flexibility index (Phi) is 3.41. The minimum Gasteiger partial charge on any atom is -0.480 e. The van der Waals surface area contributed by atoms with Crippen molar-refractivity contribution in [3.63, 3.8) is 0 Å². The molecule has 2 unspecified atom stereocenters. The van der Waals surface area contributed by atoms with Gasteiger partial charge in [-0.05, 0) is 30.9 Å². The lowest BCUT2D eigenvalue weighted by Gasteiger charge is -2.36. The molecule has 18 heavy (non-hydrogen) atoms. The Balaban J connectivity index is 2.16. The van der Waals surface area contributed by atoms with Crippen LogP contribution in [0.1, 0.15) is 43.2 Å². The normalized spacial score (nSPS) is 27.7. The van der Waals surface area contributed by atoms with E-state index in [1.54, 1.807) is 6.07 Å². The molecule has 1 aliphatic rings. The largest absolute Gasteiger partial charge is 0.480 e. The van der Waals surface area contributed by atoms with E-state index in [2.05, 4.69) is 5.32 Å². The van der Waals surface area contributed by atoms with Crippen LogP contribution in [-0.4, -0.2) is 22.5 Å². The number of hydrogen-bond acceptors (Lipinski definition) is 3. The lowest BCUT2D eigenvalue weighted by Crippen LogP contribution is -2.56. The molecule has 1 aliphatic carbocycles. The number of carboxylic acid groups (broad SMARTS) is 1. The van der Waals surface area contributed by atoms with Crippen LogP contribution in [0.25, 0.3) is 0 Å². The zero-order valence-electron chi connectivity index (χ0n) is 10.3. The van der Waals surface area contributed by atoms with Crippen LogP contribution in [0.15, 0.2) is 22.8 Å². The number of carbonyl (C=O) groups excluding carboxylic acids is 1. The van der Waals surface area contributed by atoms with E-state index in [0.29, 0.717) is 18.8 Å². The predicted octanol–water partition coefficient (Wildman–Crippen LogP) is 2.04. The topological polar surface area (TPSA) is 79.5 Å². The van der Waals surface area contributed by atoms with Crippen LogP contribution >= 0.6 is 0 Å². The summed E-state index contributed by atoms with van der Waals surface area (Å²) in [5.41, 5.74) is -1.15. The van der Waals surface area contributed by atoms with Gasteiger partial charge in [0.15, 0.2) is 5.76 Å². The Bertz CT molecular complexity index is 440. The Morgan fingerprint density at radius 3 is 2.89 bits per heavy atom. The standard InChI is InChI=1S/C13H17NO4/c1-9-4-2-6-13(8-9,12(16)17)14-11(15)10-5-3-7-18-10/h3,5,7,9H,2,4,6,8H2,1H3,(H,14,15)(H,16,17). The Morgan fingerprint density at radius 1 is 1.56 bits per heavy atom. The van der Waals surface area contributed by atoms with Crippen molar-refractivity contribution in [2.24, 2.45) is 5.92 Å². The summed E-state index contributed by atoms with van der Waals surface area (Å²) in [6.45, 7) is 2.01. The van der Waals surface area contributed by atoms with Crippen LogP contribution < -0.4 is 5.32 Å². The second-order valence-corrected chi connectivity index (χ2v) is 5.02. The molecule has 0 bridgehead atoms. The fourth-order valence-electron chi connectivity index (χ4n) is 2.60. The lowest BCUT2D eigenvalue weighted by atomic mass is 9.76. The molecule has 1 amide bonds. The van der Waals surface area contributed by atoms with Gasteiger partial charge in [-0.3, -0.25) is 4.79 Å². The third-order valence-corrected chi connectivity index (χ3v) is 3.50. The molecule has 5 nitrogen and oxygen atoms in total. The van der Waals surface area contributed by atoms with Gasteiger partial charge in [0.05, 0.1) is 6.26 Å². The summed E-state index contributed by atoms with van der Waals surface area (Å²) in [6, 6.07) is 3.13. The molecule has 0 saturated heterocycles. The van der Waals surface area contributed by atoms with Crippen molar-refractivity contribution in [1.29, 1.82) is 0 Å². The number of rotatable bonds is 3. The summed E-state index contributed by atoms with van der Waals surface area (Å²) >= 11 is 0. The first-order valence-electron chi connectivity index (χ1n) is 6.13. The molecular weight excluding hydrogens is 234 g/mol. The van der Waals surface area contributed by atoms with E-state index in [-0.39, 0.29) is 5.76 Å². The summed E-state index contributed by atoms with van der Waals surface area (Å²) in [5, 5.41) is 12.0. The maximum Gasteiger partial charge on any atom is 0.329 e. The van der Waals surface area contributed by atoms with Crippen molar-refractivity contribution in [3.05, 3.63) is 24.2 Å². The van der Waals surface area contributed by atoms with Crippen molar-refractivity contribution in [2.45, 2.75) is 38.1 Å². The lowest BCUT2D eigenvalue weighted by molar-refractivity contribution is -0.146. The molecule has 2 N–H and O–H groups in total. The van der Waals surface area contributed by atoms with Crippen LogP contribution in [0.4, 0.5) is 0 Å². The fraction of sp³-hybridized carbons (Fsp3) is 0.538. The average molecular weight is 251 g/mol. The van der Waals surface area contributed by atoms with Gasteiger partial charge in [0.1, 0.15) is 5.54 Å². The summed E-state index contributed by atoms with van der Waals surface area (Å²) in [4.78, 5) is 23.4. The minimum absolute atomic E-state index is 0.147. The summed E-state index contributed by atoms with van der Waals surface area (Å²) in [7, 11) is 0. The van der Waals surface area contributed by atoms with Gasteiger partial charge in [-0.1, -0.05) is 19.8 Å². The molecule has 0 radical (unpaired) electrons. The maximum absolute atomic E-state index is 11.9. The number of furan rings is 1. The molecule has 5 heteroatoms. The molecule has 0 spiro atoms. The first-order chi connectivity index (χ1) is 8.53. The summed E-state index contributed by atoms with van der Waals surface area (Å²) in [6.07, 6.45) is 4.15. The number of carbonyl (C=O) groups is 2. The van der Waals surface area contributed by atoms with E-state index in [1.807, 2.05) is 6.92 Å². The molecule has 0 aliphatic heterocycles. The Morgan fingerprint density at radius 2 is 2.33 bits per heavy atom. The van der Waals surface area contributed by atoms with E-state index in [9.17, 15) is 14.7 Å². The van der Waals surface area contributed by atoms with E-state index in [1.165, 1.54) is 12.3 Å². The van der Waals surface area contributed by atoms with E-state index in [4.69, 9.17) is 4.42 Å². The van der Waals surface area contributed by atoms with Crippen molar-refractivity contribution in [2.75, 3.05) is 0 Å². The van der Waals surface area contributed by atoms with Gasteiger partial charge >= 0.3 is 5.97 Å². The number of aliphatic carboxylic acids is 1. The van der Waals surface area contributed by atoms with E-state index in [0.717, 1.165) is 12.8 Å². The van der Waals surface area contributed by atoms with Crippen LogP contribution in [0.5, 0.6) is 0 Å². The third kappa shape index (κ3) is 2.39. The molecule has 0 aromatic carbocycles. The van der Waals surface area contributed by atoms with E-state index < -0.39 is 17.4 Å². The van der Waals surface area contributed by atoms with Crippen LogP contribution in [-0.2, 0) is 4.79 Å². The van der Waals surface area contributed by atoms with Crippen molar-refractivity contribution < 1.29 is 19.1 Å². The van der Waals surface area contributed by atoms with Crippen molar-refractivity contribution >= 4 is 11.9 Å². The highest BCUT2D eigenvalue weighted by atomic mass is 16.4. The van der Waals surface area contributed by atoms with Crippen LogP contribution in [0.2, 0.25) is 0 Å². The molecule has 1 fully saturated rings. The Hall–Kier alpha value is -1.78. The van der Waals surface area contributed by atoms with Crippen molar-refractivity contribution in [3.8, 4) is 0 Å². The highest BCUT2D eigenvalue weighted by Gasteiger charge is 2.43. The molecule has 2 rings (SSSR count). The average Bonchev–Trinajstić information content (AvgIpc) is 2.82. The van der Waals surface area contributed by atoms with Gasteiger partial charge in [-0.25, -0.2) is 4.79 Å². The molecule has 98 valence electrons. The van der Waals surface area contributed by atoms with Gasteiger partial charge in [0.25, 0.3) is 5.91 Å². The minimum atomic E-state index is -1.15. The van der Waals surface area contributed by atoms with Crippen molar-refractivity contribution in [1.82, 2.24) is 5.32 Å². The number of nitrogens with one attached hydrogen (secondary N) is 1. The third-order valence-electron chi connectivity index (χ3n) is 3.50. The van der Waals surface area contributed by atoms with Gasteiger partial charge in [-0.2, -0.15) is 0 Å². The quantitative estimate of drug-likeness (QED) is 0.861. The second-order valence-electron chi connectivity index (χ2n) is 5.02.